The number of allylic oxidation sites excluding steroid dienone is 2. The first-order valence-electron chi connectivity index (χ1n) is 11.8. The molecule has 2 rings (SSSR count). The Labute approximate surface area is 194 Å². The van der Waals surface area contributed by atoms with Crippen LogP contribution in [-0.4, -0.2) is 68.3 Å². The molecule has 0 spiro atoms. The van der Waals surface area contributed by atoms with Crippen molar-refractivity contribution in [2.24, 2.45) is 15.0 Å². The number of rotatable bonds is 12. The van der Waals surface area contributed by atoms with Crippen molar-refractivity contribution in [3.63, 3.8) is 0 Å². The molecule has 1 aromatic rings. The molecule has 1 fully saturated rings. The van der Waals surface area contributed by atoms with Crippen molar-refractivity contribution in [2.45, 2.75) is 46.1 Å². The highest BCUT2D eigenvalue weighted by Crippen LogP contribution is 2.17. The third kappa shape index (κ3) is 8.17. The van der Waals surface area contributed by atoms with Crippen LogP contribution >= 0.6 is 0 Å². The van der Waals surface area contributed by atoms with E-state index in [0.717, 1.165) is 49.7 Å². The Morgan fingerprint density at radius 2 is 1.75 bits per heavy atom. The van der Waals surface area contributed by atoms with Gasteiger partial charge in [-0.1, -0.05) is 51.5 Å². The van der Waals surface area contributed by atoms with Crippen LogP contribution in [0.4, 0.5) is 5.69 Å². The molecule has 0 saturated carbocycles. The Hall–Kier alpha value is -2.57. The summed E-state index contributed by atoms with van der Waals surface area (Å²) in [5, 5.41) is 3.38. The van der Waals surface area contributed by atoms with E-state index in [1.165, 1.54) is 31.2 Å². The van der Waals surface area contributed by atoms with Gasteiger partial charge >= 0.3 is 0 Å². The Bertz CT molecular complexity index is 794. The van der Waals surface area contributed by atoms with Crippen LogP contribution in [0.15, 0.2) is 63.3 Å². The molecule has 0 amide bonds. The summed E-state index contributed by atoms with van der Waals surface area (Å²) in [6, 6.07) is 8.45. The Kier molecular flexibility index (Phi) is 11.6. The van der Waals surface area contributed by atoms with E-state index in [1.54, 1.807) is 19.3 Å². The van der Waals surface area contributed by atoms with Gasteiger partial charge in [0.25, 0.3) is 0 Å². The Morgan fingerprint density at radius 3 is 2.28 bits per heavy atom. The quantitative estimate of drug-likeness (QED) is 0.370. The molecule has 1 heterocycles. The summed E-state index contributed by atoms with van der Waals surface area (Å²) in [5.41, 5.74) is 3.81. The minimum Gasteiger partial charge on any atom is -0.340 e. The predicted molar refractivity (Wildman–Crippen MR) is 140 cm³/mol. The van der Waals surface area contributed by atoms with Crippen LogP contribution < -0.4 is 5.32 Å². The Balaban J connectivity index is 2.20. The average Bonchev–Trinajstić information content (AvgIpc) is 3.10. The van der Waals surface area contributed by atoms with Gasteiger partial charge in [-0.25, -0.2) is 4.99 Å². The van der Waals surface area contributed by atoms with Crippen molar-refractivity contribution >= 4 is 24.3 Å². The van der Waals surface area contributed by atoms with Crippen LogP contribution in [0.5, 0.6) is 0 Å². The van der Waals surface area contributed by atoms with E-state index in [4.69, 9.17) is 4.99 Å². The van der Waals surface area contributed by atoms with Crippen molar-refractivity contribution < 1.29 is 0 Å². The van der Waals surface area contributed by atoms with Crippen molar-refractivity contribution in [1.82, 2.24) is 9.80 Å². The van der Waals surface area contributed by atoms with Crippen LogP contribution in [0.25, 0.3) is 0 Å². The molecule has 1 aliphatic heterocycles. The monoisotopic (exact) mass is 436 g/mol. The van der Waals surface area contributed by atoms with Gasteiger partial charge in [0.15, 0.2) is 0 Å². The van der Waals surface area contributed by atoms with Gasteiger partial charge in [0.2, 0.25) is 0 Å². The number of hydrogen-bond acceptors (Lipinski definition) is 6. The summed E-state index contributed by atoms with van der Waals surface area (Å²) in [6.07, 6.45) is 8.64. The van der Waals surface area contributed by atoms with E-state index < -0.39 is 0 Å². The lowest BCUT2D eigenvalue weighted by molar-refractivity contribution is 0.295. The van der Waals surface area contributed by atoms with E-state index in [9.17, 15) is 0 Å². The van der Waals surface area contributed by atoms with Gasteiger partial charge in [0, 0.05) is 31.1 Å². The molecule has 6 nitrogen and oxygen atoms in total. The molecule has 1 N–H and O–H groups in total. The minimum atomic E-state index is 0.631. The first kappa shape index (κ1) is 25.7. The fourth-order valence-electron chi connectivity index (χ4n) is 3.82. The fraction of sp³-hybridized carbons (Fsp3) is 0.500. The summed E-state index contributed by atoms with van der Waals surface area (Å²) in [5.74, 6) is 0.631. The second-order valence-electron chi connectivity index (χ2n) is 8.01. The highest BCUT2D eigenvalue weighted by Gasteiger charge is 2.12. The maximum atomic E-state index is 4.86. The van der Waals surface area contributed by atoms with Crippen molar-refractivity contribution in [1.29, 1.82) is 0 Å². The summed E-state index contributed by atoms with van der Waals surface area (Å²) in [7, 11) is 1.76. The van der Waals surface area contributed by atoms with E-state index in [-0.39, 0.29) is 0 Å². The van der Waals surface area contributed by atoms with Gasteiger partial charge in [-0.05, 0) is 63.4 Å². The first-order chi connectivity index (χ1) is 15.6. The minimum absolute atomic E-state index is 0.631. The maximum absolute atomic E-state index is 4.86. The fourth-order valence-corrected chi connectivity index (χ4v) is 3.82. The van der Waals surface area contributed by atoms with Crippen LogP contribution in [0.2, 0.25) is 0 Å². The summed E-state index contributed by atoms with van der Waals surface area (Å²) < 4.78 is 0. The molecule has 6 heteroatoms. The van der Waals surface area contributed by atoms with Gasteiger partial charge in [0.05, 0.1) is 12.4 Å². The number of aliphatic imine (C=N–C) groups is 3. The summed E-state index contributed by atoms with van der Waals surface area (Å²) >= 11 is 0. The standard InChI is InChI=1S/C26H40N6/c1-6-24(25(19-27-4)29-21-32-17-11-9-10-12-18-32)26(28-5)30-23-15-13-22(14-16-23)20-31(7-2)8-3/h6,13-16,19,30H,1,5,7-12,17-18,20-21H2,2-4H3/b26-24+,27-19?,29-25?. The topological polar surface area (TPSA) is 55.6 Å². The van der Waals surface area contributed by atoms with Gasteiger partial charge in [-0.15, -0.1) is 0 Å². The molecular formula is C26H40N6. The second kappa shape index (κ2) is 14.5. The van der Waals surface area contributed by atoms with Crippen molar-refractivity contribution in [3.8, 4) is 0 Å². The number of benzene rings is 1. The largest absolute Gasteiger partial charge is 0.340 e. The van der Waals surface area contributed by atoms with E-state index in [1.807, 2.05) is 0 Å². The molecule has 0 bridgehead atoms. The van der Waals surface area contributed by atoms with Gasteiger partial charge in [0.1, 0.15) is 5.82 Å². The molecule has 0 radical (unpaired) electrons. The zero-order chi connectivity index (χ0) is 23.2. The van der Waals surface area contributed by atoms with Crippen LogP contribution in [0.3, 0.4) is 0 Å². The van der Waals surface area contributed by atoms with Crippen LogP contribution in [0.1, 0.15) is 45.1 Å². The first-order valence-corrected chi connectivity index (χ1v) is 11.8. The maximum Gasteiger partial charge on any atom is 0.139 e. The molecule has 0 aromatic heterocycles. The van der Waals surface area contributed by atoms with Crippen LogP contribution in [0, 0.1) is 0 Å². The molecule has 1 aliphatic rings. The third-order valence-electron chi connectivity index (χ3n) is 5.80. The Morgan fingerprint density at radius 1 is 1.09 bits per heavy atom. The van der Waals surface area contributed by atoms with Crippen LogP contribution in [-0.2, 0) is 6.54 Å². The van der Waals surface area contributed by atoms with E-state index in [0.29, 0.717) is 12.5 Å². The smallest absolute Gasteiger partial charge is 0.139 e. The number of nitrogens with zero attached hydrogens (tertiary/aromatic N) is 5. The summed E-state index contributed by atoms with van der Waals surface area (Å²) in [4.78, 5) is 18.1. The highest BCUT2D eigenvalue weighted by molar-refractivity contribution is 6.39. The van der Waals surface area contributed by atoms with Gasteiger partial charge in [-0.2, -0.15) is 0 Å². The second-order valence-corrected chi connectivity index (χ2v) is 8.01. The molecule has 1 saturated heterocycles. The molecule has 174 valence electrons. The zero-order valence-corrected chi connectivity index (χ0v) is 20.2. The van der Waals surface area contributed by atoms with Gasteiger partial charge < -0.3 is 5.32 Å². The molecule has 1 aromatic carbocycles. The van der Waals surface area contributed by atoms with Crippen molar-refractivity contribution in [3.05, 3.63) is 53.9 Å². The number of anilines is 1. The van der Waals surface area contributed by atoms with Crippen molar-refractivity contribution in [2.75, 3.05) is 45.2 Å². The van der Waals surface area contributed by atoms with E-state index in [2.05, 4.69) is 76.5 Å². The normalized spacial score (nSPS) is 16.7. The zero-order valence-electron chi connectivity index (χ0n) is 20.2. The number of likely N-dealkylation sites (tertiary alicyclic amines) is 1. The van der Waals surface area contributed by atoms with E-state index >= 15 is 0 Å². The molecule has 0 aliphatic carbocycles. The summed E-state index contributed by atoms with van der Waals surface area (Å²) in [6.45, 7) is 18.0. The number of nitrogens with one attached hydrogen (secondary N) is 1. The predicted octanol–water partition coefficient (Wildman–Crippen LogP) is 5.01. The molecular weight excluding hydrogens is 396 g/mol. The molecule has 32 heavy (non-hydrogen) atoms. The third-order valence-corrected chi connectivity index (χ3v) is 5.80. The number of hydrogen-bond donors (Lipinski definition) is 1. The molecule has 0 unspecified atom stereocenters. The lowest BCUT2D eigenvalue weighted by Crippen LogP contribution is -2.26. The molecule has 0 atom stereocenters. The van der Waals surface area contributed by atoms with Gasteiger partial charge in [-0.3, -0.25) is 19.8 Å². The lowest BCUT2D eigenvalue weighted by atomic mass is 10.1. The lowest BCUT2D eigenvalue weighted by Gasteiger charge is -2.19. The highest BCUT2D eigenvalue weighted by atomic mass is 15.2. The SMILES string of the molecule is C=C/C(C(C=NC)=NCN1CCCCCC1)=C(/N=C)Nc1ccc(CN(CC)CC)cc1. The average molecular weight is 437 g/mol.